The van der Waals surface area contributed by atoms with Gasteiger partial charge in [-0.05, 0) is 36.2 Å². The van der Waals surface area contributed by atoms with E-state index >= 15 is 0 Å². The molecule has 0 spiro atoms. The number of rotatable bonds is 2. The molecule has 108 valence electrons. The lowest BCUT2D eigenvalue weighted by molar-refractivity contribution is 0.554. The maximum absolute atomic E-state index is 13.9. The second-order valence-corrected chi connectivity index (χ2v) is 5.19. The van der Waals surface area contributed by atoms with Crippen LogP contribution in [0.2, 0.25) is 0 Å². The summed E-state index contributed by atoms with van der Waals surface area (Å²) >= 11 is 6.28. The number of hydrogen-bond acceptors (Lipinski definition) is 2. The summed E-state index contributed by atoms with van der Waals surface area (Å²) in [5, 5.41) is -0.811. The fraction of sp³-hybridized carbons (Fsp3) is 0.133. The molecule has 0 saturated heterocycles. The Labute approximate surface area is 123 Å². The number of hydrogen-bond donors (Lipinski definition) is 1. The predicted molar refractivity (Wildman–Crippen MR) is 75.6 cm³/mol. The van der Waals surface area contributed by atoms with E-state index in [9.17, 15) is 13.6 Å². The largest absolute Gasteiger partial charge is 0.417 e. The van der Waals surface area contributed by atoms with Crippen molar-refractivity contribution in [2.75, 3.05) is 0 Å². The lowest BCUT2D eigenvalue weighted by Gasteiger charge is -2.12. The third-order valence-electron chi connectivity index (χ3n) is 3.29. The summed E-state index contributed by atoms with van der Waals surface area (Å²) in [7, 11) is 0. The second-order valence-electron chi connectivity index (χ2n) is 4.76. The molecule has 3 nitrogen and oxygen atoms in total. The SMILES string of the molecule is Cc1cc(C(Cl)c2ccc3[nH]c(=O)oc3c2)c(F)cc1F. The smallest absolute Gasteiger partial charge is 0.408 e. The van der Waals surface area contributed by atoms with Gasteiger partial charge in [-0.2, -0.15) is 0 Å². The van der Waals surface area contributed by atoms with Gasteiger partial charge in [-0.15, -0.1) is 11.6 Å². The third-order valence-corrected chi connectivity index (χ3v) is 3.78. The number of aromatic nitrogens is 1. The van der Waals surface area contributed by atoms with Gasteiger partial charge in [0.15, 0.2) is 5.58 Å². The van der Waals surface area contributed by atoms with E-state index < -0.39 is 22.8 Å². The number of nitrogens with one attached hydrogen (secondary N) is 1. The lowest BCUT2D eigenvalue weighted by atomic mass is 10.0. The molecule has 1 N–H and O–H groups in total. The van der Waals surface area contributed by atoms with Gasteiger partial charge in [0.25, 0.3) is 0 Å². The van der Waals surface area contributed by atoms with Gasteiger partial charge in [0.1, 0.15) is 11.6 Å². The van der Waals surface area contributed by atoms with Crippen LogP contribution in [0.25, 0.3) is 11.1 Å². The number of halogens is 3. The van der Waals surface area contributed by atoms with Crippen LogP contribution in [0.4, 0.5) is 8.78 Å². The van der Waals surface area contributed by atoms with Gasteiger partial charge < -0.3 is 4.42 Å². The summed E-state index contributed by atoms with van der Waals surface area (Å²) in [6.45, 7) is 1.54. The van der Waals surface area contributed by atoms with Crippen LogP contribution in [0.15, 0.2) is 39.5 Å². The minimum atomic E-state index is -0.811. The first-order chi connectivity index (χ1) is 9.95. The molecule has 2 aromatic carbocycles. The number of H-pyrrole nitrogens is 1. The van der Waals surface area contributed by atoms with Crippen molar-refractivity contribution in [1.82, 2.24) is 4.98 Å². The van der Waals surface area contributed by atoms with Gasteiger partial charge in [-0.3, -0.25) is 4.98 Å². The molecule has 0 aliphatic carbocycles. The van der Waals surface area contributed by atoms with Gasteiger partial charge in [0.2, 0.25) is 0 Å². The zero-order valence-electron chi connectivity index (χ0n) is 10.9. The molecule has 0 radical (unpaired) electrons. The number of alkyl halides is 1. The zero-order chi connectivity index (χ0) is 15.1. The van der Waals surface area contributed by atoms with E-state index in [1.54, 1.807) is 18.2 Å². The Morgan fingerprint density at radius 1 is 1.19 bits per heavy atom. The summed E-state index contributed by atoms with van der Waals surface area (Å²) in [5.41, 5.74) is 1.90. The highest BCUT2D eigenvalue weighted by Crippen LogP contribution is 2.33. The van der Waals surface area contributed by atoms with Crippen molar-refractivity contribution in [2.24, 2.45) is 0 Å². The fourth-order valence-corrected chi connectivity index (χ4v) is 2.48. The van der Waals surface area contributed by atoms with Crippen molar-refractivity contribution in [3.8, 4) is 0 Å². The predicted octanol–water partition coefficient (Wildman–Crippen LogP) is 4.04. The van der Waals surface area contributed by atoms with E-state index in [-0.39, 0.29) is 5.56 Å². The fourth-order valence-electron chi connectivity index (χ4n) is 2.17. The number of benzene rings is 2. The number of fused-ring (bicyclic) bond motifs is 1. The van der Waals surface area contributed by atoms with E-state index in [2.05, 4.69) is 4.98 Å². The Balaban J connectivity index is 2.09. The second kappa shape index (κ2) is 5.00. The van der Waals surface area contributed by atoms with Crippen LogP contribution in [0, 0.1) is 18.6 Å². The number of aryl methyl sites for hydroxylation is 1. The molecule has 0 aliphatic heterocycles. The van der Waals surface area contributed by atoms with E-state index in [0.29, 0.717) is 22.2 Å². The number of oxazole rings is 1. The molecular weight excluding hydrogens is 300 g/mol. The van der Waals surface area contributed by atoms with E-state index in [4.69, 9.17) is 16.0 Å². The molecule has 1 atom stereocenters. The van der Waals surface area contributed by atoms with Crippen LogP contribution in [-0.2, 0) is 0 Å². The molecule has 6 heteroatoms. The molecule has 21 heavy (non-hydrogen) atoms. The molecule has 0 fully saturated rings. The first-order valence-electron chi connectivity index (χ1n) is 6.18. The van der Waals surface area contributed by atoms with Crippen molar-refractivity contribution in [3.63, 3.8) is 0 Å². The summed E-state index contributed by atoms with van der Waals surface area (Å²) in [6, 6.07) is 7.03. The topological polar surface area (TPSA) is 46.0 Å². The highest BCUT2D eigenvalue weighted by Gasteiger charge is 2.18. The monoisotopic (exact) mass is 309 g/mol. The average Bonchev–Trinajstić information content (AvgIpc) is 2.81. The summed E-state index contributed by atoms with van der Waals surface area (Å²) in [5.74, 6) is -1.90. The third kappa shape index (κ3) is 2.45. The summed E-state index contributed by atoms with van der Waals surface area (Å²) in [4.78, 5) is 13.6. The van der Waals surface area contributed by atoms with E-state index in [1.165, 1.54) is 13.0 Å². The Hall–Kier alpha value is -2.14. The van der Waals surface area contributed by atoms with Crippen LogP contribution >= 0.6 is 11.6 Å². The van der Waals surface area contributed by atoms with Crippen molar-refractivity contribution >= 4 is 22.7 Å². The molecule has 1 heterocycles. The molecule has 3 aromatic rings. The maximum atomic E-state index is 13.9. The highest BCUT2D eigenvalue weighted by atomic mass is 35.5. The molecular formula is C15H10ClF2NO2. The van der Waals surface area contributed by atoms with Gasteiger partial charge in [0, 0.05) is 11.6 Å². The van der Waals surface area contributed by atoms with E-state index in [1.807, 2.05) is 0 Å². The summed E-state index contributed by atoms with van der Waals surface area (Å²) in [6.07, 6.45) is 0. The first kappa shape index (κ1) is 13.8. The quantitative estimate of drug-likeness (QED) is 0.726. The van der Waals surface area contributed by atoms with Crippen LogP contribution in [0.1, 0.15) is 22.1 Å². The molecule has 0 saturated carbocycles. The highest BCUT2D eigenvalue weighted by molar-refractivity contribution is 6.22. The Kier molecular flexibility index (Phi) is 3.29. The minimum absolute atomic E-state index is 0.174. The summed E-state index contributed by atoms with van der Waals surface area (Å²) < 4.78 is 32.1. The number of aromatic amines is 1. The van der Waals surface area contributed by atoms with Crippen LogP contribution < -0.4 is 5.76 Å². The van der Waals surface area contributed by atoms with Gasteiger partial charge in [-0.25, -0.2) is 13.6 Å². The van der Waals surface area contributed by atoms with Gasteiger partial charge in [-0.1, -0.05) is 6.07 Å². The molecule has 1 unspecified atom stereocenters. The molecule has 1 aromatic heterocycles. The normalized spacial score (nSPS) is 12.8. The van der Waals surface area contributed by atoms with Crippen molar-refractivity contribution in [3.05, 3.63) is 69.2 Å². The van der Waals surface area contributed by atoms with Gasteiger partial charge in [0.05, 0.1) is 10.9 Å². The Morgan fingerprint density at radius 3 is 2.71 bits per heavy atom. The molecule has 3 rings (SSSR count). The molecule has 0 amide bonds. The average molecular weight is 310 g/mol. The zero-order valence-corrected chi connectivity index (χ0v) is 11.7. The first-order valence-corrected chi connectivity index (χ1v) is 6.62. The Bertz CT molecular complexity index is 885. The lowest BCUT2D eigenvalue weighted by Crippen LogP contribution is -1.99. The van der Waals surface area contributed by atoms with Crippen molar-refractivity contribution < 1.29 is 13.2 Å². The standard InChI is InChI=1S/C15H10ClF2NO2/c1-7-4-9(11(18)6-10(7)17)14(16)8-2-3-12-13(5-8)21-15(20)19-12/h2-6,14H,1H3,(H,19,20). The van der Waals surface area contributed by atoms with Crippen molar-refractivity contribution in [1.29, 1.82) is 0 Å². The maximum Gasteiger partial charge on any atom is 0.417 e. The van der Waals surface area contributed by atoms with Crippen LogP contribution in [0.3, 0.4) is 0 Å². The minimum Gasteiger partial charge on any atom is -0.408 e. The van der Waals surface area contributed by atoms with Crippen molar-refractivity contribution in [2.45, 2.75) is 12.3 Å². The van der Waals surface area contributed by atoms with E-state index in [0.717, 1.165) is 6.07 Å². The molecule has 0 bridgehead atoms. The van der Waals surface area contributed by atoms with Crippen LogP contribution in [0.5, 0.6) is 0 Å². The molecule has 0 aliphatic rings. The Morgan fingerprint density at radius 2 is 1.95 bits per heavy atom. The van der Waals surface area contributed by atoms with Crippen LogP contribution in [-0.4, -0.2) is 4.98 Å². The van der Waals surface area contributed by atoms with Gasteiger partial charge >= 0.3 is 5.76 Å².